The summed E-state index contributed by atoms with van der Waals surface area (Å²) in [6, 6.07) is 1.52. The van der Waals surface area contributed by atoms with Crippen molar-refractivity contribution in [2.45, 2.75) is 6.92 Å². The van der Waals surface area contributed by atoms with E-state index < -0.39 is 16.2 Å². The Hall–Kier alpha value is -1.55. The first kappa shape index (κ1) is 8.55. The van der Waals surface area contributed by atoms with Gasteiger partial charge in [-0.1, -0.05) is 0 Å². The number of carbonyl (C=O) groups excluding carboxylic acids is 1. The monoisotopic (exact) mass is 188 g/mol. The third-order valence-electron chi connectivity index (χ3n) is 1.14. The van der Waals surface area contributed by atoms with Gasteiger partial charge in [-0.05, 0) is 6.92 Å². The second-order valence-electron chi connectivity index (χ2n) is 2.01. The molecule has 1 aliphatic heterocycles. The first-order valence-corrected chi connectivity index (χ1v) is 4.24. The number of rotatable bonds is 0. The summed E-state index contributed by atoms with van der Waals surface area (Å²) in [5.74, 6) is -1.16. The van der Waals surface area contributed by atoms with E-state index in [4.69, 9.17) is 5.26 Å². The van der Waals surface area contributed by atoms with E-state index in [-0.39, 0.29) is 11.3 Å². The second kappa shape index (κ2) is 2.49. The van der Waals surface area contributed by atoms with Crippen LogP contribution in [0.4, 0.5) is 0 Å². The summed E-state index contributed by atoms with van der Waals surface area (Å²) in [5, 5.41) is 8.36. The standard InChI is InChI=1S/C5H4N2O4S/c1-3-4(2-6)5(8)7-12(9,10)11-3/h1H3,(H,7,8). The van der Waals surface area contributed by atoms with Crippen LogP contribution in [0.1, 0.15) is 6.92 Å². The second-order valence-corrected chi connectivity index (χ2v) is 3.29. The van der Waals surface area contributed by atoms with E-state index in [1.54, 1.807) is 0 Å². The number of hydrogen-bond acceptors (Lipinski definition) is 5. The van der Waals surface area contributed by atoms with Crippen LogP contribution in [-0.2, 0) is 19.3 Å². The summed E-state index contributed by atoms with van der Waals surface area (Å²) in [5.41, 5.74) is -0.329. The van der Waals surface area contributed by atoms with Crippen LogP contribution >= 0.6 is 0 Å². The molecule has 0 fully saturated rings. The molecule has 7 heteroatoms. The van der Waals surface area contributed by atoms with E-state index in [0.29, 0.717) is 0 Å². The number of hydrogen-bond donors (Lipinski definition) is 1. The maximum atomic E-state index is 10.8. The molecule has 0 spiro atoms. The molecule has 0 radical (unpaired) electrons. The SMILES string of the molecule is CC1=C(C#N)C(=O)NS(=O)(=O)O1. The number of nitrogens with one attached hydrogen (secondary N) is 1. The molecule has 0 saturated heterocycles. The topological polar surface area (TPSA) is 96.3 Å². The van der Waals surface area contributed by atoms with Crippen molar-refractivity contribution in [1.82, 2.24) is 4.72 Å². The molecular weight excluding hydrogens is 184 g/mol. The minimum atomic E-state index is -4.03. The first-order chi connectivity index (χ1) is 5.46. The first-order valence-electron chi connectivity index (χ1n) is 2.84. The Morgan fingerprint density at radius 3 is 2.58 bits per heavy atom. The molecule has 0 atom stereocenters. The van der Waals surface area contributed by atoms with Crippen molar-refractivity contribution in [3.8, 4) is 6.07 Å². The zero-order valence-electron chi connectivity index (χ0n) is 5.99. The fraction of sp³-hybridized carbons (Fsp3) is 0.200. The van der Waals surface area contributed by atoms with Crippen molar-refractivity contribution >= 4 is 16.2 Å². The average Bonchev–Trinajstić information content (AvgIpc) is 1.82. The summed E-state index contributed by atoms with van der Waals surface area (Å²) in [6.45, 7) is 1.23. The van der Waals surface area contributed by atoms with E-state index in [0.717, 1.165) is 0 Å². The summed E-state index contributed by atoms with van der Waals surface area (Å²) in [6.07, 6.45) is 0. The van der Waals surface area contributed by atoms with Gasteiger partial charge < -0.3 is 4.18 Å². The zero-order chi connectivity index (χ0) is 9.35. The van der Waals surface area contributed by atoms with Gasteiger partial charge in [0.05, 0.1) is 0 Å². The molecular formula is C5H4N2O4S. The molecule has 1 aliphatic rings. The molecule has 1 heterocycles. The van der Waals surface area contributed by atoms with Crippen molar-refractivity contribution in [3.05, 3.63) is 11.3 Å². The van der Waals surface area contributed by atoms with Crippen LogP contribution in [0.5, 0.6) is 0 Å². The van der Waals surface area contributed by atoms with Gasteiger partial charge in [0.25, 0.3) is 5.91 Å². The predicted octanol–water partition coefficient (Wildman–Crippen LogP) is -0.825. The van der Waals surface area contributed by atoms with E-state index in [1.165, 1.54) is 17.7 Å². The lowest BCUT2D eigenvalue weighted by atomic mass is 10.2. The zero-order valence-corrected chi connectivity index (χ0v) is 6.80. The molecule has 6 nitrogen and oxygen atoms in total. The lowest BCUT2D eigenvalue weighted by Crippen LogP contribution is -2.37. The Morgan fingerprint density at radius 1 is 1.58 bits per heavy atom. The molecule has 64 valence electrons. The Balaban J connectivity index is 3.23. The molecule has 0 aromatic rings. The van der Waals surface area contributed by atoms with Gasteiger partial charge in [-0.25, -0.2) is 4.72 Å². The van der Waals surface area contributed by atoms with E-state index in [9.17, 15) is 13.2 Å². The third kappa shape index (κ3) is 1.38. The van der Waals surface area contributed by atoms with Crippen LogP contribution < -0.4 is 4.72 Å². The van der Waals surface area contributed by atoms with Crippen molar-refractivity contribution in [1.29, 1.82) is 5.26 Å². The minimum Gasteiger partial charge on any atom is -0.370 e. The molecule has 0 unspecified atom stereocenters. The molecule has 1 rings (SSSR count). The van der Waals surface area contributed by atoms with Crippen molar-refractivity contribution < 1.29 is 17.4 Å². The predicted molar refractivity (Wildman–Crippen MR) is 36.5 cm³/mol. The molecule has 0 aliphatic carbocycles. The molecule has 1 amide bonds. The lowest BCUT2D eigenvalue weighted by Gasteiger charge is -2.13. The summed E-state index contributed by atoms with van der Waals surface area (Å²) >= 11 is 0. The number of nitriles is 1. The van der Waals surface area contributed by atoms with Gasteiger partial charge in [-0.2, -0.15) is 13.7 Å². The van der Waals surface area contributed by atoms with Crippen molar-refractivity contribution in [2.24, 2.45) is 0 Å². The van der Waals surface area contributed by atoms with Crippen LogP contribution in [-0.4, -0.2) is 14.3 Å². The van der Waals surface area contributed by atoms with Gasteiger partial charge in [0.1, 0.15) is 11.8 Å². The quantitative estimate of drug-likeness (QED) is 0.535. The van der Waals surface area contributed by atoms with Crippen LogP contribution in [0, 0.1) is 11.3 Å². The van der Waals surface area contributed by atoms with Gasteiger partial charge in [-0.3, -0.25) is 4.79 Å². The largest absolute Gasteiger partial charge is 0.409 e. The van der Waals surface area contributed by atoms with E-state index in [1.807, 2.05) is 0 Å². The van der Waals surface area contributed by atoms with Gasteiger partial charge in [0.15, 0.2) is 5.57 Å². The fourth-order valence-corrected chi connectivity index (χ4v) is 1.46. The van der Waals surface area contributed by atoms with E-state index >= 15 is 0 Å². The van der Waals surface area contributed by atoms with Gasteiger partial charge in [0.2, 0.25) is 0 Å². The Morgan fingerprint density at radius 2 is 2.17 bits per heavy atom. The van der Waals surface area contributed by atoms with Crippen LogP contribution in [0.15, 0.2) is 11.3 Å². The summed E-state index contributed by atoms with van der Waals surface area (Å²) in [4.78, 5) is 10.8. The highest BCUT2D eigenvalue weighted by atomic mass is 32.2. The average molecular weight is 188 g/mol. The highest BCUT2D eigenvalue weighted by Gasteiger charge is 2.28. The Labute approximate surface area is 68.7 Å². The molecule has 0 saturated carbocycles. The highest BCUT2D eigenvalue weighted by molar-refractivity contribution is 7.85. The molecule has 0 aromatic heterocycles. The van der Waals surface area contributed by atoms with Crippen LogP contribution in [0.2, 0.25) is 0 Å². The maximum Gasteiger partial charge on any atom is 0.409 e. The van der Waals surface area contributed by atoms with Gasteiger partial charge in [-0.15, -0.1) is 0 Å². The molecule has 1 N–H and O–H groups in total. The maximum absolute atomic E-state index is 10.8. The van der Waals surface area contributed by atoms with Crippen LogP contribution in [0.3, 0.4) is 0 Å². The minimum absolute atomic E-state index is 0.207. The number of allylic oxidation sites excluding steroid dienone is 1. The summed E-state index contributed by atoms with van der Waals surface area (Å²) in [7, 11) is -4.03. The highest BCUT2D eigenvalue weighted by Crippen LogP contribution is 2.13. The van der Waals surface area contributed by atoms with Gasteiger partial charge >= 0.3 is 10.3 Å². The van der Waals surface area contributed by atoms with E-state index in [2.05, 4.69) is 4.18 Å². The van der Waals surface area contributed by atoms with Crippen molar-refractivity contribution in [2.75, 3.05) is 0 Å². The number of nitrogens with zero attached hydrogens (tertiary/aromatic N) is 1. The van der Waals surface area contributed by atoms with Gasteiger partial charge in [0, 0.05) is 0 Å². The fourth-order valence-electron chi connectivity index (χ4n) is 0.681. The normalized spacial score (nSPS) is 20.8. The molecule has 12 heavy (non-hydrogen) atoms. The lowest BCUT2D eigenvalue weighted by molar-refractivity contribution is -0.116. The van der Waals surface area contributed by atoms with Crippen LogP contribution in [0.25, 0.3) is 0 Å². The third-order valence-corrected chi connectivity index (χ3v) is 2.05. The smallest absolute Gasteiger partial charge is 0.370 e. The Bertz CT molecular complexity index is 400. The number of amides is 1. The Kier molecular flexibility index (Phi) is 1.78. The molecule has 0 bridgehead atoms. The number of carbonyl (C=O) groups is 1. The molecule has 0 aromatic carbocycles. The van der Waals surface area contributed by atoms with Crippen molar-refractivity contribution in [3.63, 3.8) is 0 Å². The summed E-state index contributed by atoms with van der Waals surface area (Å²) < 4.78 is 27.0.